The molecule has 20 heavy (non-hydrogen) atoms. The second-order valence-electron chi connectivity index (χ2n) is 4.77. The highest BCUT2D eigenvalue weighted by Gasteiger charge is 2.04. The first-order valence-corrected chi connectivity index (χ1v) is 6.56. The highest BCUT2D eigenvalue weighted by molar-refractivity contribution is 5.93. The van der Waals surface area contributed by atoms with E-state index in [9.17, 15) is 9.59 Å². The molecule has 0 spiro atoms. The predicted octanol–water partition coefficient (Wildman–Crippen LogP) is 0.864. The van der Waals surface area contributed by atoms with Crippen molar-refractivity contribution in [3.63, 3.8) is 0 Å². The van der Waals surface area contributed by atoms with Crippen LogP contribution in [0, 0.1) is 0 Å². The summed E-state index contributed by atoms with van der Waals surface area (Å²) in [6.07, 6.45) is 0.741. The van der Waals surface area contributed by atoms with Gasteiger partial charge in [0.2, 0.25) is 11.8 Å². The molecular formula is C14H22N4O2. The number of carbonyl (C=O) groups excluding carboxylic acids is 2. The first-order chi connectivity index (χ1) is 9.51. The van der Waals surface area contributed by atoms with E-state index in [0.29, 0.717) is 37.3 Å². The zero-order valence-corrected chi connectivity index (χ0v) is 12.0. The third kappa shape index (κ3) is 6.31. The lowest BCUT2D eigenvalue weighted by molar-refractivity contribution is -0.117. The van der Waals surface area contributed by atoms with Gasteiger partial charge in [0.15, 0.2) is 0 Å². The first-order valence-electron chi connectivity index (χ1n) is 6.56. The van der Waals surface area contributed by atoms with Crippen LogP contribution in [-0.4, -0.2) is 43.9 Å². The van der Waals surface area contributed by atoms with Crippen LogP contribution in [0.1, 0.15) is 12.8 Å². The van der Waals surface area contributed by atoms with Gasteiger partial charge in [0.1, 0.15) is 0 Å². The van der Waals surface area contributed by atoms with Crippen molar-refractivity contribution in [3.05, 3.63) is 24.3 Å². The van der Waals surface area contributed by atoms with Crippen LogP contribution in [0.3, 0.4) is 0 Å². The molecule has 1 aromatic rings. The van der Waals surface area contributed by atoms with Gasteiger partial charge in [0.05, 0.1) is 0 Å². The Hall–Kier alpha value is -1.92. The second kappa shape index (κ2) is 8.29. The van der Waals surface area contributed by atoms with E-state index in [1.165, 1.54) is 0 Å². The van der Waals surface area contributed by atoms with Crippen molar-refractivity contribution in [1.82, 2.24) is 4.90 Å². The van der Waals surface area contributed by atoms with Gasteiger partial charge in [-0.2, -0.15) is 0 Å². The Balaban J connectivity index is 2.46. The van der Waals surface area contributed by atoms with E-state index < -0.39 is 0 Å². The number of anilines is 2. The molecule has 0 aromatic heterocycles. The van der Waals surface area contributed by atoms with Crippen LogP contribution in [0.15, 0.2) is 24.3 Å². The Morgan fingerprint density at radius 2 is 1.45 bits per heavy atom. The first kappa shape index (κ1) is 16.1. The number of hydrogen-bond acceptors (Lipinski definition) is 4. The fraction of sp³-hybridized carbons (Fsp3) is 0.429. The van der Waals surface area contributed by atoms with Gasteiger partial charge < -0.3 is 21.3 Å². The average molecular weight is 278 g/mol. The molecule has 0 aliphatic rings. The zero-order valence-electron chi connectivity index (χ0n) is 12.0. The van der Waals surface area contributed by atoms with Crippen molar-refractivity contribution in [2.45, 2.75) is 12.8 Å². The SMILES string of the molecule is CN(C)CCC(=O)Nc1ccc(NC(=O)CCN)cc1. The van der Waals surface area contributed by atoms with Gasteiger partial charge in [-0.05, 0) is 38.4 Å². The molecule has 0 radical (unpaired) electrons. The molecule has 0 saturated carbocycles. The fourth-order valence-corrected chi connectivity index (χ4v) is 1.54. The van der Waals surface area contributed by atoms with Gasteiger partial charge in [-0.1, -0.05) is 0 Å². The van der Waals surface area contributed by atoms with Crippen LogP contribution in [0.5, 0.6) is 0 Å². The minimum absolute atomic E-state index is 0.0291. The Labute approximate surface area is 119 Å². The molecule has 110 valence electrons. The molecule has 4 N–H and O–H groups in total. The molecule has 0 saturated heterocycles. The van der Waals surface area contributed by atoms with Crippen LogP contribution in [-0.2, 0) is 9.59 Å². The topological polar surface area (TPSA) is 87.5 Å². The highest BCUT2D eigenvalue weighted by Crippen LogP contribution is 2.14. The van der Waals surface area contributed by atoms with Crippen LogP contribution in [0.4, 0.5) is 11.4 Å². The molecule has 0 aliphatic heterocycles. The summed E-state index contributed by atoms with van der Waals surface area (Å²) in [4.78, 5) is 25.0. The predicted molar refractivity (Wildman–Crippen MR) is 80.5 cm³/mol. The van der Waals surface area contributed by atoms with Gasteiger partial charge in [-0.25, -0.2) is 0 Å². The third-order valence-electron chi connectivity index (χ3n) is 2.61. The van der Waals surface area contributed by atoms with E-state index in [2.05, 4.69) is 10.6 Å². The van der Waals surface area contributed by atoms with Crippen molar-refractivity contribution in [2.75, 3.05) is 37.8 Å². The van der Waals surface area contributed by atoms with E-state index >= 15 is 0 Å². The number of amides is 2. The molecule has 6 heteroatoms. The van der Waals surface area contributed by atoms with Crippen molar-refractivity contribution >= 4 is 23.2 Å². The third-order valence-corrected chi connectivity index (χ3v) is 2.61. The summed E-state index contributed by atoms with van der Waals surface area (Å²) in [6.45, 7) is 1.03. The molecule has 6 nitrogen and oxygen atoms in total. The minimum Gasteiger partial charge on any atom is -0.330 e. The van der Waals surface area contributed by atoms with E-state index in [1.54, 1.807) is 24.3 Å². The Bertz CT molecular complexity index is 443. The number of benzene rings is 1. The minimum atomic E-state index is -0.115. The Kier molecular flexibility index (Phi) is 6.69. The van der Waals surface area contributed by atoms with Gasteiger partial charge in [-0.3, -0.25) is 9.59 Å². The number of nitrogens with two attached hydrogens (primary N) is 1. The maximum absolute atomic E-state index is 11.6. The number of nitrogens with one attached hydrogen (secondary N) is 2. The molecule has 2 amide bonds. The highest BCUT2D eigenvalue weighted by atomic mass is 16.2. The molecule has 0 fully saturated rings. The van der Waals surface area contributed by atoms with E-state index in [-0.39, 0.29) is 11.8 Å². The summed E-state index contributed by atoms with van der Waals surface area (Å²) in [5.74, 6) is -0.145. The van der Waals surface area contributed by atoms with Crippen molar-refractivity contribution in [3.8, 4) is 0 Å². The zero-order chi connectivity index (χ0) is 15.0. The van der Waals surface area contributed by atoms with E-state index in [0.717, 1.165) is 0 Å². The van der Waals surface area contributed by atoms with Gasteiger partial charge >= 0.3 is 0 Å². The number of hydrogen-bond donors (Lipinski definition) is 3. The fourth-order valence-electron chi connectivity index (χ4n) is 1.54. The normalized spacial score (nSPS) is 10.4. The Morgan fingerprint density at radius 3 is 1.85 bits per heavy atom. The quantitative estimate of drug-likeness (QED) is 0.690. The molecule has 0 unspecified atom stereocenters. The van der Waals surface area contributed by atoms with Crippen LogP contribution in [0.25, 0.3) is 0 Å². The molecule has 0 atom stereocenters. The second-order valence-corrected chi connectivity index (χ2v) is 4.77. The Morgan fingerprint density at radius 1 is 1.00 bits per heavy atom. The summed E-state index contributed by atoms with van der Waals surface area (Å²) in [6, 6.07) is 7.00. The summed E-state index contributed by atoms with van der Waals surface area (Å²) in [7, 11) is 3.85. The monoisotopic (exact) mass is 278 g/mol. The van der Waals surface area contributed by atoms with E-state index in [4.69, 9.17) is 5.73 Å². The van der Waals surface area contributed by atoms with Crippen LogP contribution < -0.4 is 16.4 Å². The molecule has 1 aromatic carbocycles. The van der Waals surface area contributed by atoms with Gasteiger partial charge in [0, 0.05) is 37.3 Å². The summed E-state index contributed by atoms with van der Waals surface area (Å²) in [5.41, 5.74) is 6.70. The number of nitrogens with zero attached hydrogens (tertiary/aromatic N) is 1. The number of carbonyl (C=O) groups is 2. The molecule has 0 bridgehead atoms. The smallest absolute Gasteiger partial charge is 0.225 e. The molecule has 1 rings (SSSR count). The van der Waals surface area contributed by atoms with Crippen LogP contribution in [0.2, 0.25) is 0 Å². The van der Waals surface area contributed by atoms with Gasteiger partial charge in [-0.15, -0.1) is 0 Å². The maximum Gasteiger partial charge on any atom is 0.225 e. The summed E-state index contributed by atoms with van der Waals surface area (Å²) in [5, 5.41) is 5.53. The average Bonchev–Trinajstić information content (AvgIpc) is 2.39. The van der Waals surface area contributed by atoms with Gasteiger partial charge in [0.25, 0.3) is 0 Å². The maximum atomic E-state index is 11.6. The van der Waals surface area contributed by atoms with Crippen molar-refractivity contribution in [1.29, 1.82) is 0 Å². The van der Waals surface area contributed by atoms with Crippen LogP contribution >= 0.6 is 0 Å². The molecule has 0 aliphatic carbocycles. The summed E-state index contributed by atoms with van der Waals surface area (Å²) < 4.78 is 0. The largest absolute Gasteiger partial charge is 0.330 e. The lowest BCUT2D eigenvalue weighted by Gasteiger charge is -2.10. The van der Waals surface area contributed by atoms with Crippen molar-refractivity contribution < 1.29 is 9.59 Å². The number of rotatable bonds is 7. The standard InChI is InChI=1S/C14H22N4O2/c1-18(2)10-8-14(20)17-12-5-3-11(4-6-12)16-13(19)7-9-15/h3-6H,7-10,15H2,1-2H3,(H,16,19)(H,17,20). The van der Waals surface area contributed by atoms with E-state index in [1.807, 2.05) is 19.0 Å². The van der Waals surface area contributed by atoms with Crippen molar-refractivity contribution in [2.24, 2.45) is 5.73 Å². The lowest BCUT2D eigenvalue weighted by Crippen LogP contribution is -2.20. The lowest BCUT2D eigenvalue weighted by atomic mass is 10.2. The molecular weight excluding hydrogens is 256 g/mol. The summed E-state index contributed by atoms with van der Waals surface area (Å²) >= 11 is 0. The molecule has 0 heterocycles.